The molecule has 2 unspecified atom stereocenters. The summed E-state index contributed by atoms with van der Waals surface area (Å²) in [5, 5.41) is 43.9. The van der Waals surface area contributed by atoms with Crippen molar-refractivity contribution in [2.45, 2.75) is 50.4 Å². The Kier molecular flexibility index (Phi) is 13.0. The average Bonchev–Trinajstić information content (AvgIpc) is 3.67. The first-order chi connectivity index (χ1) is 21.8. The molecule has 0 aliphatic carbocycles. The predicted octanol–water partition coefficient (Wildman–Crippen LogP) is 6.07. The van der Waals surface area contributed by atoms with Gasteiger partial charge in [0.05, 0.1) is 11.7 Å². The zero-order valence-corrected chi connectivity index (χ0v) is 26.9. The van der Waals surface area contributed by atoms with Gasteiger partial charge in [0.25, 0.3) is 0 Å². The van der Waals surface area contributed by atoms with Crippen molar-refractivity contribution in [2.24, 2.45) is 0 Å². The number of aliphatic hydroxyl groups is 1. The molecule has 2 heterocycles. The standard InChI is InChI=1S/C31H34N6O5S3/c1-20(38)23(21-8-4-2-5-9-21)12-14-25(39)32-30-36-34-27(44-30)16-18-43-19-17-28-35-37-31(45-28)33-26(40)15-13-24(29(41)42)22-10-6-3-7-11-22/h2-11,23-24,38H,1,12-19H2,(H,41,42)(H,32,36,39)(H,33,37,40). The third-order valence-electron chi connectivity index (χ3n) is 6.77. The first kappa shape index (κ1) is 33.7. The van der Waals surface area contributed by atoms with Gasteiger partial charge in [-0.3, -0.25) is 14.4 Å². The molecule has 236 valence electrons. The Morgan fingerprint density at radius 2 is 1.16 bits per heavy atom. The zero-order chi connectivity index (χ0) is 32.0. The van der Waals surface area contributed by atoms with Crippen molar-refractivity contribution >= 4 is 62.5 Å². The van der Waals surface area contributed by atoms with E-state index in [4.69, 9.17) is 0 Å². The molecule has 0 radical (unpaired) electrons. The predicted molar refractivity (Wildman–Crippen MR) is 178 cm³/mol. The number of aryl methyl sites for hydroxylation is 2. The number of carboxylic acid groups (broad SMARTS) is 1. The number of carbonyl (C=O) groups excluding carboxylic acids is 2. The quantitative estimate of drug-likeness (QED) is 0.0723. The first-order valence-electron chi connectivity index (χ1n) is 14.3. The normalized spacial score (nSPS) is 12.3. The molecular weight excluding hydrogens is 633 g/mol. The Bertz CT molecular complexity index is 1450. The van der Waals surface area contributed by atoms with Crippen LogP contribution in [0.1, 0.15) is 58.7 Å². The number of aromatic nitrogens is 4. The second-order valence-electron chi connectivity index (χ2n) is 10.0. The Morgan fingerprint density at radius 1 is 0.711 bits per heavy atom. The molecule has 11 nitrogen and oxygen atoms in total. The molecule has 4 rings (SSSR count). The van der Waals surface area contributed by atoms with Crippen LogP contribution in [0.3, 0.4) is 0 Å². The molecule has 2 aromatic heterocycles. The van der Waals surface area contributed by atoms with Crippen molar-refractivity contribution in [3.8, 4) is 0 Å². The molecular formula is C31H34N6O5S3. The number of carboxylic acids is 1. The van der Waals surface area contributed by atoms with E-state index in [2.05, 4.69) is 37.6 Å². The summed E-state index contributed by atoms with van der Waals surface area (Å²) < 4.78 is 0. The first-order valence-corrected chi connectivity index (χ1v) is 17.1. The van der Waals surface area contributed by atoms with E-state index >= 15 is 0 Å². The smallest absolute Gasteiger partial charge is 0.310 e. The molecule has 4 aromatic rings. The Hall–Kier alpha value is -4.14. The van der Waals surface area contributed by atoms with Crippen LogP contribution >= 0.6 is 34.4 Å². The number of nitrogens with zero attached hydrogens (tertiary/aromatic N) is 4. The molecule has 2 amide bonds. The molecule has 0 saturated heterocycles. The van der Waals surface area contributed by atoms with Gasteiger partial charge in [-0.2, -0.15) is 11.8 Å². The molecule has 45 heavy (non-hydrogen) atoms. The number of amides is 2. The maximum absolute atomic E-state index is 12.5. The van der Waals surface area contributed by atoms with Crippen LogP contribution in [-0.4, -0.2) is 59.9 Å². The van der Waals surface area contributed by atoms with Crippen LogP contribution in [-0.2, 0) is 27.2 Å². The summed E-state index contributed by atoms with van der Waals surface area (Å²) in [4.78, 5) is 36.5. The molecule has 0 saturated carbocycles. The van der Waals surface area contributed by atoms with E-state index in [0.29, 0.717) is 35.1 Å². The Balaban J connectivity index is 1.11. The second kappa shape index (κ2) is 17.4. The van der Waals surface area contributed by atoms with Gasteiger partial charge in [0, 0.05) is 31.6 Å². The van der Waals surface area contributed by atoms with Gasteiger partial charge in [0.1, 0.15) is 10.0 Å². The van der Waals surface area contributed by atoms with Gasteiger partial charge in [0.15, 0.2) is 0 Å². The third kappa shape index (κ3) is 11.1. The largest absolute Gasteiger partial charge is 0.512 e. The van der Waals surface area contributed by atoms with Crippen LogP contribution in [0.15, 0.2) is 73.0 Å². The summed E-state index contributed by atoms with van der Waals surface area (Å²) in [6, 6.07) is 18.4. The molecule has 0 aliphatic heterocycles. The number of aliphatic hydroxyl groups excluding tert-OH is 1. The minimum Gasteiger partial charge on any atom is -0.512 e. The topological polar surface area (TPSA) is 167 Å². The fourth-order valence-corrected chi connectivity index (χ4v) is 7.12. The van der Waals surface area contributed by atoms with Gasteiger partial charge in [-0.1, -0.05) is 89.9 Å². The number of hydrogen-bond acceptors (Lipinski definition) is 11. The highest BCUT2D eigenvalue weighted by Crippen LogP contribution is 2.27. The van der Waals surface area contributed by atoms with Crippen LogP contribution in [0, 0.1) is 0 Å². The lowest BCUT2D eigenvalue weighted by atomic mass is 9.93. The number of nitrogens with one attached hydrogen (secondary N) is 2. The zero-order valence-electron chi connectivity index (χ0n) is 24.4. The van der Waals surface area contributed by atoms with Crippen molar-refractivity contribution in [1.29, 1.82) is 0 Å². The lowest BCUT2D eigenvalue weighted by Gasteiger charge is -2.15. The SMILES string of the molecule is C=C(O)C(CCC(=O)Nc1nnc(CCSCCc2nnc(NC(=O)CCC(C(=O)O)c3ccccc3)s2)s1)c1ccccc1. The van der Waals surface area contributed by atoms with Crippen LogP contribution in [0.25, 0.3) is 0 Å². The molecule has 0 aliphatic rings. The number of allylic oxidation sites excluding steroid dienone is 1. The third-order valence-corrected chi connectivity index (χ3v) is 9.55. The van der Waals surface area contributed by atoms with E-state index < -0.39 is 11.9 Å². The number of rotatable bonds is 18. The fraction of sp³-hybridized carbons (Fsp3) is 0.323. The van der Waals surface area contributed by atoms with Crippen molar-refractivity contribution < 1.29 is 24.6 Å². The molecule has 2 aromatic carbocycles. The van der Waals surface area contributed by atoms with Crippen LogP contribution in [0.4, 0.5) is 10.3 Å². The van der Waals surface area contributed by atoms with E-state index in [-0.39, 0.29) is 42.8 Å². The van der Waals surface area contributed by atoms with Gasteiger partial charge < -0.3 is 20.8 Å². The number of thioether (sulfide) groups is 1. The van der Waals surface area contributed by atoms with Crippen LogP contribution in [0.5, 0.6) is 0 Å². The van der Waals surface area contributed by atoms with Crippen molar-refractivity contribution in [3.05, 3.63) is 94.1 Å². The highest BCUT2D eigenvalue weighted by molar-refractivity contribution is 7.99. The summed E-state index contributed by atoms with van der Waals surface area (Å²) >= 11 is 4.37. The summed E-state index contributed by atoms with van der Waals surface area (Å²) in [7, 11) is 0. The summed E-state index contributed by atoms with van der Waals surface area (Å²) in [5.74, 6) is -0.860. The average molecular weight is 667 g/mol. The second-order valence-corrected chi connectivity index (χ2v) is 13.4. The Morgan fingerprint density at radius 3 is 1.60 bits per heavy atom. The maximum Gasteiger partial charge on any atom is 0.310 e. The molecule has 4 N–H and O–H groups in total. The summed E-state index contributed by atoms with van der Waals surface area (Å²) in [5.41, 5.74) is 1.58. The van der Waals surface area contributed by atoms with Gasteiger partial charge in [-0.05, 0) is 35.5 Å². The fourth-order valence-electron chi connectivity index (χ4n) is 4.47. The number of anilines is 2. The van der Waals surface area contributed by atoms with E-state index in [1.54, 1.807) is 36.0 Å². The number of hydrogen-bond donors (Lipinski definition) is 4. The van der Waals surface area contributed by atoms with Crippen molar-refractivity contribution in [3.63, 3.8) is 0 Å². The van der Waals surface area contributed by atoms with Gasteiger partial charge in [-0.15, -0.1) is 20.4 Å². The lowest BCUT2D eigenvalue weighted by Crippen LogP contribution is -2.17. The summed E-state index contributed by atoms with van der Waals surface area (Å²) in [6.07, 6.45) is 2.28. The van der Waals surface area contributed by atoms with Crippen molar-refractivity contribution in [1.82, 2.24) is 20.4 Å². The van der Waals surface area contributed by atoms with E-state index in [0.717, 1.165) is 27.1 Å². The van der Waals surface area contributed by atoms with E-state index in [1.165, 1.54) is 22.7 Å². The van der Waals surface area contributed by atoms with Crippen molar-refractivity contribution in [2.75, 3.05) is 22.1 Å². The van der Waals surface area contributed by atoms with E-state index in [9.17, 15) is 24.6 Å². The molecule has 0 fully saturated rings. The molecule has 0 spiro atoms. The Labute approximate surface area is 273 Å². The minimum absolute atomic E-state index is 0.0328. The highest BCUT2D eigenvalue weighted by Gasteiger charge is 2.21. The molecule has 0 bridgehead atoms. The van der Waals surface area contributed by atoms with Gasteiger partial charge in [-0.25, -0.2) is 0 Å². The number of aliphatic carboxylic acids is 1. The van der Waals surface area contributed by atoms with Crippen LogP contribution < -0.4 is 10.6 Å². The number of benzene rings is 2. The molecule has 2 atom stereocenters. The number of carbonyl (C=O) groups is 3. The van der Waals surface area contributed by atoms with Crippen LogP contribution in [0.2, 0.25) is 0 Å². The minimum atomic E-state index is -0.960. The molecule has 14 heteroatoms. The highest BCUT2D eigenvalue weighted by atomic mass is 32.2. The summed E-state index contributed by atoms with van der Waals surface area (Å²) in [6.45, 7) is 3.66. The van der Waals surface area contributed by atoms with Gasteiger partial charge in [0.2, 0.25) is 22.1 Å². The lowest BCUT2D eigenvalue weighted by molar-refractivity contribution is -0.139. The van der Waals surface area contributed by atoms with E-state index in [1.807, 2.05) is 36.4 Å². The maximum atomic E-state index is 12.5. The van der Waals surface area contributed by atoms with Gasteiger partial charge >= 0.3 is 5.97 Å². The monoisotopic (exact) mass is 666 g/mol.